The molecule has 0 aromatic carbocycles. The molecule has 1 aliphatic heterocycles. The van der Waals surface area contributed by atoms with Crippen molar-refractivity contribution in [1.29, 1.82) is 0 Å². The van der Waals surface area contributed by atoms with Crippen molar-refractivity contribution < 1.29 is 9.53 Å². The summed E-state index contributed by atoms with van der Waals surface area (Å²) in [7, 11) is 5.61. The minimum atomic E-state index is -0.209. The number of nitrogens with one attached hydrogen (secondary N) is 1. The SMILES string of the molecule is Cc1nn(C)c(C)c1C(=O)Nc1cnc(N2CCOCC2)nc1N(C)C. The third-order valence-corrected chi connectivity index (χ3v) is 4.46. The minimum Gasteiger partial charge on any atom is -0.378 e. The van der Waals surface area contributed by atoms with Crippen LogP contribution in [0.4, 0.5) is 17.5 Å². The molecule has 0 radical (unpaired) electrons. The van der Waals surface area contributed by atoms with Crippen molar-refractivity contribution in [3.05, 3.63) is 23.1 Å². The fourth-order valence-electron chi connectivity index (χ4n) is 3.00. The van der Waals surface area contributed by atoms with Crippen LogP contribution in [0.25, 0.3) is 0 Å². The maximum Gasteiger partial charge on any atom is 0.259 e. The molecule has 1 amide bonds. The number of carbonyl (C=O) groups excluding carboxylic acids is 1. The summed E-state index contributed by atoms with van der Waals surface area (Å²) in [4.78, 5) is 25.8. The molecule has 1 aliphatic rings. The van der Waals surface area contributed by atoms with E-state index in [-0.39, 0.29) is 5.91 Å². The Morgan fingerprint density at radius 3 is 2.54 bits per heavy atom. The molecule has 0 bridgehead atoms. The number of nitrogens with zero attached hydrogens (tertiary/aromatic N) is 6. The predicted molar refractivity (Wildman–Crippen MR) is 100 cm³/mol. The minimum absolute atomic E-state index is 0.209. The topological polar surface area (TPSA) is 88.4 Å². The number of carbonyl (C=O) groups is 1. The van der Waals surface area contributed by atoms with Crippen LogP contribution in [0.3, 0.4) is 0 Å². The van der Waals surface area contributed by atoms with Gasteiger partial charge in [0.15, 0.2) is 5.82 Å². The number of amides is 1. The van der Waals surface area contributed by atoms with Crippen molar-refractivity contribution in [3.63, 3.8) is 0 Å². The second-order valence-corrected chi connectivity index (χ2v) is 6.52. The molecule has 0 aliphatic carbocycles. The van der Waals surface area contributed by atoms with Gasteiger partial charge in [0.05, 0.1) is 30.7 Å². The lowest BCUT2D eigenvalue weighted by Crippen LogP contribution is -2.37. The Kier molecular flexibility index (Phi) is 5.08. The van der Waals surface area contributed by atoms with Gasteiger partial charge in [0.1, 0.15) is 5.69 Å². The van der Waals surface area contributed by atoms with E-state index >= 15 is 0 Å². The first-order valence-electron chi connectivity index (χ1n) is 8.57. The fraction of sp³-hybridized carbons (Fsp3) is 0.529. The number of hydrogen-bond donors (Lipinski definition) is 1. The molecule has 3 heterocycles. The second-order valence-electron chi connectivity index (χ2n) is 6.52. The maximum absolute atomic E-state index is 12.8. The molecule has 9 nitrogen and oxygen atoms in total. The molecule has 3 rings (SSSR count). The largest absolute Gasteiger partial charge is 0.378 e. The number of morpholine rings is 1. The molecule has 1 N–H and O–H groups in total. The molecule has 1 fully saturated rings. The van der Waals surface area contributed by atoms with E-state index in [2.05, 4.69) is 25.3 Å². The third kappa shape index (κ3) is 3.48. The highest BCUT2D eigenvalue weighted by molar-refractivity contribution is 6.07. The van der Waals surface area contributed by atoms with Crippen molar-refractivity contribution in [1.82, 2.24) is 19.7 Å². The Morgan fingerprint density at radius 2 is 1.96 bits per heavy atom. The first kappa shape index (κ1) is 18.1. The quantitative estimate of drug-likeness (QED) is 0.870. The smallest absolute Gasteiger partial charge is 0.259 e. The number of anilines is 3. The van der Waals surface area contributed by atoms with Gasteiger partial charge in [0, 0.05) is 39.9 Å². The summed E-state index contributed by atoms with van der Waals surface area (Å²) >= 11 is 0. The zero-order valence-corrected chi connectivity index (χ0v) is 15.9. The highest BCUT2D eigenvalue weighted by atomic mass is 16.5. The van der Waals surface area contributed by atoms with Crippen molar-refractivity contribution in [2.45, 2.75) is 13.8 Å². The van der Waals surface area contributed by atoms with Crippen LogP contribution in [0.5, 0.6) is 0 Å². The van der Waals surface area contributed by atoms with E-state index in [0.717, 1.165) is 18.8 Å². The van der Waals surface area contributed by atoms with Gasteiger partial charge in [-0.05, 0) is 13.8 Å². The number of aryl methyl sites for hydroxylation is 2. The summed E-state index contributed by atoms with van der Waals surface area (Å²) in [6, 6.07) is 0. The van der Waals surface area contributed by atoms with Gasteiger partial charge >= 0.3 is 0 Å². The Hall–Kier alpha value is -2.68. The summed E-state index contributed by atoms with van der Waals surface area (Å²) < 4.78 is 7.08. The van der Waals surface area contributed by atoms with Crippen LogP contribution in [-0.2, 0) is 11.8 Å². The van der Waals surface area contributed by atoms with E-state index in [1.54, 1.807) is 10.9 Å². The van der Waals surface area contributed by atoms with E-state index in [9.17, 15) is 4.79 Å². The molecule has 0 unspecified atom stereocenters. The molecular formula is C17H25N7O2. The Labute approximate surface area is 153 Å². The standard InChI is InChI=1S/C17H25N7O2/c1-11-14(12(2)23(5)21-11)16(25)19-13-10-18-17(20-15(13)22(3)4)24-6-8-26-9-7-24/h10H,6-9H2,1-5H3,(H,19,25). The van der Waals surface area contributed by atoms with Gasteiger partial charge < -0.3 is 19.9 Å². The molecular weight excluding hydrogens is 334 g/mol. The molecule has 0 saturated carbocycles. The zero-order chi connectivity index (χ0) is 18.8. The second kappa shape index (κ2) is 7.28. The average molecular weight is 359 g/mol. The predicted octanol–water partition coefficient (Wildman–Crippen LogP) is 0.982. The summed E-state index contributed by atoms with van der Waals surface area (Å²) in [6.07, 6.45) is 1.66. The number of ether oxygens (including phenoxy) is 1. The molecule has 2 aromatic heterocycles. The Balaban J connectivity index is 1.88. The zero-order valence-electron chi connectivity index (χ0n) is 15.9. The fourth-order valence-corrected chi connectivity index (χ4v) is 3.00. The molecule has 26 heavy (non-hydrogen) atoms. The van der Waals surface area contributed by atoms with Gasteiger partial charge in [-0.2, -0.15) is 10.1 Å². The van der Waals surface area contributed by atoms with Gasteiger partial charge in [-0.15, -0.1) is 0 Å². The van der Waals surface area contributed by atoms with Crippen LogP contribution in [0.2, 0.25) is 0 Å². The Morgan fingerprint density at radius 1 is 1.27 bits per heavy atom. The van der Waals surface area contributed by atoms with E-state index in [4.69, 9.17) is 4.74 Å². The molecule has 0 atom stereocenters. The van der Waals surface area contributed by atoms with Gasteiger partial charge in [-0.3, -0.25) is 9.48 Å². The molecule has 9 heteroatoms. The normalized spacial score (nSPS) is 14.4. The van der Waals surface area contributed by atoms with Gasteiger partial charge in [-0.1, -0.05) is 0 Å². The van der Waals surface area contributed by atoms with Crippen LogP contribution < -0.4 is 15.1 Å². The third-order valence-electron chi connectivity index (χ3n) is 4.46. The van der Waals surface area contributed by atoms with Crippen LogP contribution in [0, 0.1) is 13.8 Å². The first-order chi connectivity index (χ1) is 12.4. The number of rotatable bonds is 4. The summed E-state index contributed by atoms with van der Waals surface area (Å²) in [5.41, 5.74) is 2.66. The highest BCUT2D eigenvalue weighted by Crippen LogP contribution is 2.25. The molecule has 140 valence electrons. The lowest BCUT2D eigenvalue weighted by Gasteiger charge is -2.28. The van der Waals surface area contributed by atoms with E-state index in [1.807, 2.05) is 39.9 Å². The van der Waals surface area contributed by atoms with E-state index in [0.29, 0.717) is 41.9 Å². The van der Waals surface area contributed by atoms with Crippen molar-refractivity contribution in [3.8, 4) is 0 Å². The lowest BCUT2D eigenvalue weighted by atomic mass is 10.2. The van der Waals surface area contributed by atoms with Crippen LogP contribution >= 0.6 is 0 Å². The average Bonchev–Trinajstić information content (AvgIpc) is 2.88. The summed E-state index contributed by atoms with van der Waals surface area (Å²) in [5.74, 6) is 1.09. The summed E-state index contributed by atoms with van der Waals surface area (Å²) in [6.45, 7) is 6.54. The Bertz CT molecular complexity index is 810. The van der Waals surface area contributed by atoms with Crippen LogP contribution in [0.1, 0.15) is 21.7 Å². The monoisotopic (exact) mass is 359 g/mol. The van der Waals surface area contributed by atoms with Crippen molar-refractivity contribution in [2.24, 2.45) is 7.05 Å². The highest BCUT2D eigenvalue weighted by Gasteiger charge is 2.21. The van der Waals surface area contributed by atoms with E-state index < -0.39 is 0 Å². The summed E-state index contributed by atoms with van der Waals surface area (Å²) in [5, 5.41) is 7.23. The van der Waals surface area contributed by atoms with Crippen molar-refractivity contribution >= 4 is 23.4 Å². The molecule has 2 aromatic rings. The maximum atomic E-state index is 12.8. The van der Waals surface area contributed by atoms with Crippen molar-refractivity contribution in [2.75, 3.05) is 55.5 Å². The van der Waals surface area contributed by atoms with Crippen LogP contribution in [-0.4, -0.2) is 66.1 Å². The number of hydrogen-bond acceptors (Lipinski definition) is 7. The molecule has 1 saturated heterocycles. The van der Waals surface area contributed by atoms with E-state index in [1.165, 1.54) is 0 Å². The van der Waals surface area contributed by atoms with Gasteiger partial charge in [0.25, 0.3) is 5.91 Å². The number of aromatic nitrogens is 4. The van der Waals surface area contributed by atoms with Gasteiger partial charge in [-0.25, -0.2) is 4.98 Å². The first-order valence-corrected chi connectivity index (χ1v) is 8.57. The lowest BCUT2D eigenvalue weighted by molar-refractivity contribution is 0.102. The van der Waals surface area contributed by atoms with Gasteiger partial charge in [0.2, 0.25) is 5.95 Å². The molecule has 0 spiro atoms. The van der Waals surface area contributed by atoms with Crippen LogP contribution in [0.15, 0.2) is 6.20 Å².